The summed E-state index contributed by atoms with van der Waals surface area (Å²) in [5.41, 5.74) is 0.232. The molecule has 2 unspecified atom stereocenters. The Morgan fingerprint density at radius 1 is 1.26 bits per heavy atom. The highest BCUT2D eigenvalue weighted by molar-refractivity contribution is 6.46. The van der Waals surface area contributed by atoms with Crippen LogP contribution in [0.2, 0.25) is 5.54 Å². The first kappa shape index (κ1) is 18.4. The van der Waals surface area contributed by atoms with Crippen molar-refractivity contribution in [3.8, 4) is 0 Å². The maximum Gasteiger partial charge on any atom is 0.407 e. The molecule has 0 aromatic carbocycles. The van der Waals surface area contributed by atoms with E-state index in [0.29, 0.717) is 26.2 Å². The molecular weight excluding hydrogens is 266 g/mol. The molecule has 0 aliphatic heterocycles. The molecule has 114 valence electrons. The minimum Gasteiger partial charge on any atom is -0.465 e. The third-order valence-electron chi connectivity index (χ3n) is 2.74. The standard InChI is InChI=1S/C12H27NO5Si/c1-5-17-19(18-6-2)11(4)7-8-13(12(15)16)9-10(3)14/h10-11,14,19H,5-9H2,1-4H3,(H,15,16). The van der Waals surface area contributed by atoms with Gasteiger partial charge in [0.2, 0.25) is 0 Å². The van der Waals surface area contributed by atoms with E-state index in [-0.39, 0.29) is 12.1 Å². The van der Waals surface area contributed by atoms with Gasteiger partial charge in [-0.1, -0.05) is 6.92 Å². The maximum absolute atomic E-state index is 11.0. The molecule has 6 nitrogen and oxygen atoms in total. The number of hydrogen-bond donors (Lipinski definition) is 2. The van der Waals surface area contributed by atoms with Crippen molar-refractivity contribution in [1.82, 2.24) is 4.90 Å². The highest BCUT2D eigenvalue weighted by Crippen LogP contribution is 2.17. The van der Waals surface area contributed by atoms with Crippen molar-refractivity contribution < 1.29 is 23.9 Å². The predicted octanol–water partition coefficient (Wildman–Crippen LogP) is 1.42. The predicted molar refractivity (Wildman–Crippen MR) is 75.7 cm³/mol. The first-order valence-corrected chi connectivity index (χ1v) is 8.42. The molecule has 19 heavy (non-hydrogen) atoms. The number of rotatable bonds is 10. The number of aliphatic hydroxyl groups excluding tert-OH is 1. The SMILES string of the molecule is CCO[SiH](OCC)C(C)CCN(CC(C)O)C(=O)O. The van der Waals surface area contributed by atoms with Crippen LogP contribution in [0.1, 0.15) is 34.1 Å². The highest BCUT2D eigenvalue weighted by atomic mass is 28.3. The van der Waals surface area contributed by atoms with E-state index in [4.69, 9.17) is 14.0 Å². The van der Waals surface area contributed by atoms with E-state index in [0.717, 1.165) is 0 Å². The Kier molecular flexibility index (Phi) is 9.85. The quantitative estimate of drug-likeness (QED) is 0.596. The van der Waals surface area contributed by atoms with Crippen LogP contribution >= 0.6 is 0 Å². The van der Waals surface area contributed by atoms with Gasteiger partial charge in [0.15, 0.2) is 0 Å². The van der Waals surface area contributed by atoms with Crippen LogP contribution in [0.15, 0.2) is 0 Å². The fourth-order valence-electron chi connectivity index (χ4n) is 1.78. The molecule has 1 amide bonds. The number of carbonyl (C=O) groups is 1. The molecule has 7 heteroatoms. The van der Waals surface area contributed by atoms with E-state index in [1.54, 1.807) is 6.92 Å². The fraction of sp³-hybridized carbons (Fsp3) is 0.917. The summed E-state index contributed by atoms with van der Waals surface area (Å²) in [6.45, 7) is 9.26. The molecule has 0 spiro atoms. The van der Waals surface area contributed by atoms with Gasteiger partial charge in [0.1, 0.15) is 0 Å². The van der Waals surface area contributed by atoms with Gasteiger partial charge in [-0.2, -0.15) is 0 Å². The molecule has 0 aliphatic carbocycles. The van der Waals surface area contributed by atoms with Gasteiger partial charge in [-0.25, -0.2) is 4.79 Å². The third kappa shape index (κ3) is 8.20. The molecule has 0 bridgehead atoms. The molecule has 0 fully saturated rings. The van der Waals surface area contributed by atoms with Gasteiger partial charge in [-0.3, -0.25) is 0 Å². The van der Waals surface area contributed by atoms with Gasteiger partial charge in [0.05, 0.1) is 6.10 Å². The van der Waals surface area contributed by atoms with Crippen LogP contribution in [-0.2, 0) is 8.85 Å². The van der Waals surface area contributed by atoms with Crippen molar-refractivity contribution in [2.45, 2.75) is 45.8 Å². The fourth-order valence-corrected chi connectivity index (χ4v) is 3.62. The third-order valence-corrected chi connectivity index (χ3v) is 5.32. The van der Waals surface area contributed by atoms with Crippen LogP contribution in [-0.4, -0.2) is 62.9 Å². The molecule has 2 atom stereocenters. The number of hydrogen-bond acceptors (Lipinski definition) is 4. The van der Waals surface area contributed by atoms with Crippen LogP contribution in [0.3, 0.4) is 0 Å². The van der Waals surface area contributed by atoms with Crippen molar-refractivity contribution >= 4 is 15.4 Å². The van der Waals surface area contributed by atoms with Crippen LogP contribution in [0, 0.1) is 0 Å². The van der Waals surface area contributed by atoms with Crippen molar-refractivity contribution in [3.05, 3.63) is 0 Å². The molecule has 0 aliphatic rings. The molecule has 2 N–H and O–H groups in total. The molecule has 0 heterocycles. The van der Waals surface area contributed by atoms with Crippen LogP contribution in [0.25, 0.3) is 0 Å². The monoisotopic (exact) mass is 293 g/mol. The van der Waals surface area contributed by atoms with Crippen molar-refractivity contribution in [2.24, 2.45) is 0 Å². The molecule has 0 rings (SSSR count). The molecule has 0 aromatic heterocycles. The van der Waals surface area contributed by atoms with E-state index >= 15 is 0 Å². The van der Waals surface area contributed by atoms with Crippen LogP contribution in [0.5, 0.6) is 0 Å². The Hall–Kier alpha value is -0.633. The second-order valence-electron chi connectivity index (χ2n) is 4.62. The summed E-state index contributed by atoms with van der Waals surface area (Å²) in [7, 11) is -1.74. The lowest BCUT2D eigenvalue weighted by Crippen LogP contribution is -2.38. The minimum absolute atomic E-state index is 0.136. The van der Waals surface area contributed by atoms with Gasteiger partial charge in [0, 0.05) is 26.3 Å². The summed E-state index contributed by atoms with van der Waals surface area (Å²) < 4.78 is 11.2. The molecule has 0 aromatic rings. The summed E-state index contributed by atoms with van der Waals surface area (Å²) in [4.78, 5) is 12.3. The second kappa shape index (κ2) is 10.2. The van der Waals surface area contributed by atoms with Gasteiger partial charge < -0.3 is 24.0 Å². The van der Waals surface area contributed by atoms with Crippen LogP contribution in [0.4, 0.5) is 4.79 Å². The van der Waals surface area contributed by atoms with Crippen molar-refractivity contribution in [2.75, 3.05) is 26.3 Å². The average molecular weight is 293 g/mol. The maximum atomic E-state index is 11.0. The molecule has 0 saturated heterocycles. The van der Waals surface area contributed by atoms with Gasteiger partial charge in [-0.15, -0.1) is 0 Å². The number of carboxylic acid groups (broad SMARTS) is 1. The smallest absolute Gasteiger partial charge is 0.407 e. The van der Waals surface area contributed by atoms with E-state index < -0.39 is 21.5 Å². The number of nitrogens with zero attached hydrogens (tertiary/aromatic N) is 1. The highest BCUT2D eigenvalue weighted by Gasteiger charge is 2.23. The van der Waals surface area contributed by atoms with Crippen LogP contribution < -0.4 is 0 Å². The molecular formula is C12H27NO5Si. The summed E-state index contributed by atoms with van der Waals surface area (Å²) in [6.07, 6.45) is -0.965. The minimum atomic E-state index is -1.74. The lowest BCUT2D eigenvalue weighted by molar-refractivity contribution is 0.103. The summed E-state index contributed by atoms with van der Waals surface area (Å²) in [6, 6.07) is 0. The van der Waals surface area contributed by atoms with Gasteiger partial charge >= 0.3 is 15.4 Å². The van der Waals surface area contributed by atoms with E-state index in [1.165, 1.54) is 4.90 Å². The van der Waals surface area contributed by atoms with Gasteiger partial charge in [0.25, 0.3) is 0 Å². The zero-order valence-electron chi connectivity index (χ0n) is 12.3. The Labute approximate surface area is 117 Å². The summed E-state index contributed by atoms with van der Waals surface area (Å²) >= 11 is 0. The van der Waals surface area contributed by atoms with E-state index in [2.05, 4.69) is 0 Å². The summed E-state index contributed by atoms with van der Waals surface area (Å²) in [5.74, 6) is 0. The Bertz CT molecular complexity index is 246. The van der Waals surface area contributed by atoms with E-state index in [1.807, 2.05) is 20.8 Å². The van der Waals surface area contributed by atoms with Crippen molar-refractivity contribution in [3.63, 3.8) is 0 Å². The number of amides is 1. The zero-order chi connectivity index (χ0) is 14.8. The number of aliphatic hydroxyl groups is 1. The first-order chi connectivity index (χ1) is 8.92. The first-order valence-electron chi connectivity index (χ1n) is 6.81. The summed E-state index contributed by atoms with van der Waals surface area (Å²) in [5, 5.41) is 18.3. The lowest BCUT2D eigenvalue weighted by atomic mass is 10.3. The Morgan fingerprint density at radius 2 is 1.79 bits per heavy atom. The zero-order valence-corrected chi connectivity index (χ0v) is 13.5. The molecule has 0 saturated carbocycles. The average Bonchev–Trinajstić information content (AvgIpc) is 2.33. The normalized spacial score (nSPS) is 14.4. The Morgan fingerprint density at radius 3 is 2.16 bits per heavy atom. The second-order valence-corrected chi connectivity index (χ2v) is 7.16. The molecule has 0 radical (unpaired) electrons. The van der Waals surface area contributed by atoms with Crippen molar-refractivity contribution in [1.29, 1.82) is 0 Å². The largest absolute Gasteiger partial charge is 0.465 e. The Balaban J connectivity index is 4.27. The van der Waals surface area contributed by atoms with Gasteiger partial charge in [-0.05, 0) is 32.7 Å². The van der Waals surface area contributed by atoms with E-state index in [9.17, 15) is 9.90 Å². The topological polar surface area (TPSA) is 79.2 Å². The lowest BCUT2D eigenvalue weighted by Gasteiger charge is -2.25.